The van der Waals surface area contributed by atoms with E-state index in [4.69, 9.17) is 11.6 Å². The summed E-state index contributed by atoms with van der Waals surface area (Å²) in [6.45, 7) is 5.21. The summed E-state index contributed by atoms with van der Waals surface area (Å²) in [5, 5.41) is 9.83. The molecule has 3 N–H and O–H groups in total. The molecule has 1 aromatic carbocycles. The standard InChI is InChI=1S/C18H26ClN5O2/c1-4-18(2)15(25)24(17(26)23-18)10-6-9-21-16(20-3)22-12-13-7-5-8-14(19)11-13/h5,7-8,11H,4,6,9-10,12H2,1-3H3,(H,23,26)(H2,20,21,22). The van der Waals surface area contributed by atoms with Crippen LogP contribution >= 0.6 is 11.6 Å². The van der Waals surface area contributed by atoms with Crippen LogP contribution in [0.25, 0.3) is 0 Å². The minimum absolute atomic E-state index is 0.159. The summed E-state index contributed by atoms with van der Waals surface area (Å²) in [5.74, 6) is 0.494. The molecule has 1 aliphatic heterocycles. The Balaban J connectivity index is 1.74. The van der Waals surface area contributed by atoms with E-state index < -0.39 is 5.54 Å². The van der Waals surface area contributed by atoms with E-state index in [1.807, 2.05) is 31.2 Å². The third-order valence-corrected chi connectivity index (χ3v) is 4.71. The second-order valence-electron chi connectivity index (χ2n) is 6.41. The Hall–Kier alpha value is -2.28. The molecule has 0 aliphatic carbocycles. The van der Waals surface area contributed by atoms with Crippen LogP contribution in [0.1, 0.15) is 32.3 Å². The Morgan fingerprint density at radius 1 is 1.35 bits per heavy atom. The van der Waals surface area contributed by atoms with Crippen molar-refractivity contribution in [2.75, 3.05) is 20.1 Å². The topological polar surface area (TPSA) is 85.8 Å². The zero-order chi connectivity index (χ0) is 19.2. The summed E-state index contributed by atoms with van der Waals surface area (Å²) in [5.41, 5.74) is 0.276. The third kappa shape index (κ3) is 4.88. The minimum atomic E-state index is -0.779. The molecule has 0 spiro atoms. The van der Waals surface area contributed by atoms with Gasteiger partial charge in [-0.25, -0.2) is 4.79 Å². The average molecular weight is 380 g/mol. The number of benzene rings is 1. The molecule has 1 unspecified atom stereocenters. The molecule has 0 radical (unpaired) electrons. The normalized spacial score (nSPS) is 20.3. The first-order valence-corrected chi connectivity index (χ1v) is 9.10. The minimum Gasteiger partial charge on any atom is -0.356 e. The van der Waals surface area contributed by atoms with Crippen LogP contribution in [0.5, 0.6) is 0 Å². The molecule has 1 atom stereocenters. The van der Waals surface area contributed by atoms with E-state index in [0.717, 1.165) is 5.56 Å². The van der Waals surface area contributed by atoms with E-state index in [1.165, 1.54) is 4.90 Å². The van der Waals surface area contributed by atoms with Gasteiger partial charge in [-0.05, 0) is 37.5 Å². The highest BCUT2D eigenvalue weighted by Gasteiger charge is 2.45. The van der Waals surface area contributed by atoms with Gasteiger partial charge in [0.15, 0.2) is 5.96 Å². The highest BCUT2D eigenvalue weighted by atomic mass is 35.5. The highest BCUT2D eigenvalue weighted by Crippen LogP contribution is 2.20. The van der Waals surface area contributed by atoms with Gasteiger partial charge in [-0.15, -0.1) is 0 Å². The second-order valence-corrected chi connectivity index (χ2v) is 6.85. The van der Waals surface area contributed by atoms with E-state index in [1.54, 1.807) is 14.0 Å². The number of imide groups is 1. The first-order valence-electron chi connectivity index (χ1n) is 8.72. The summed E-state index contributed by atoms with van der Waals surface area (Å²) in [6.07, 6.45) is 1.21. The Labute approximate surface area is 159 Å². The lowest BCUT2D eigenvalue weighted by molar-refractivity contribution is -0.130. The number of nitrogens with one attached hydrogen (secondary N) is 3. The molecule has 1 aliphatic rings. The van der Waals surface area contributed by atoms with E-state index in [2.05, 4.69) is 20.9 Å². The number of hydrogen-bond acceptors (Lipinski definition) is 3. The molecular formula is C18H26ClN5O2. The van der Waals surface area contributed by atoms with Crippen LogP contribution < -0.4 is 16.0 Å². The Morgan fingerprint density at radius 3 is 2.73 bits per heavy atom. The molecule has 0 bridgehead atoms. The average Bonchev–Trinajstić information content (AvgIpc) is 2.84. The number of carbonyl (C=O) groups is 2. The van der Waals surface area contributed by atoms with Crippen molar-refractivity contribution in [3.63, 3.8) is 0 Å². The van der Waals surface area contributed by atoms with Gasteiger partial charge < -0.3 is 16.0 Å². The molecule has 1 saturated heterocycles. The van der Waals surface area contributed by atoms with Crippen molar-refractivity contribution in [2.45, 2.75) is 38.8 Å². The molecule has 2 rings (SSSR count). The zero-order valence-corrected chi connectivity index (χ0v) is 16.2. The van der Waals surface area contributed by atoms with Gasteiger partial charge in [-0.1, -0.05) is 30.7 Å². The van der Waals surface area contributed by atoms with Crippen LogP contribution in [0.3, 0.4) is 0 Å². The molecule has 26 heavy (non-hydrogen) atoms. The van der Waals surface area contributed by atoms with Crippen molar-refractivity contribution < 1.29 is 9.59 Å². The summed E-state index contributed by atoms with van der Waals surface area (Å²) in [6, 6.07) is 7.29. The van der Waals surface area contributed by atoms with E-state index >= 15 is 0 Å². The molecule has 3 amide bonds. The molecule has 0 saturated carbocycles. The molecule has 8 heteroatoms. The van der Waals surface area contributed by atoms with Gasteiger partial charge >= 0.3 is 6.03 Å². The molecule has 142 valence electrons. The van der Waals surface area contributed by atoms with Crippen LogP contribution in [0, 0.1) is 0 Å². The van der Waals surface area contributed by atoms with Crippen molar-refractivity contribution in [2.24, 2.45) is 4.99 Å². The van der Waals surface area contributed by atoms with Gasteiger partial charge in [0.05, 0.1) is 0 Å². The maximum Gasteiger partial charge on any atom is 0.325 e. The maximum atomic E-state index is 12.3. The van der Waals surface area contributed by atoms with E-state index in [9.17, 15) is 9.59 Å². The number of amides is 3. The number of hydrogen-bond donors (Lipinski definition) is 3. The number of halogens is 1. The number of carbonyl (C=O) groups excluding carboxylic acids is 2. The van der Waals surface area contributed by atoms with Gasteiger partial charge in [0.25, 0.3) is 5.91 Å². The zero-order valence-electron chi connectivity index (χ0n) is 15.4. The predicted molar refractivity (Wildman–Crippen MR) is 103 cm³/mol. The summed E-state index contributed by atoms with van der Waals surface area (Å²) < 4.78 is 0. The number of nitrogens with zero attached hydrogens (tertiary/aromatic N) is 2. The summed E-state index contributed by atoms with van der Waals surface area (Å²) in [7, 11) is 1.69. The van der Waals surface area contributed by atoms with Crippen LogP contribution in [0.2, 0.25) is 5.02 Å². The van der Waals surface area contributed by atoms with E-state index in [-0.39, 0.29) is 11.9 Å². The fraction of sp³-hybridized carbons (Fsp3) is 0.500. The highest BCUT2D eigenvalue weighted by molar-refractivity contribution is 6.30. The lowest BCUT2D eigenvalue weighted by Gasteiger charge is -2.19. The lowest BCUT2D eigenvalue weighted by atomic mass is 9.99. The van der Waals surface area contributed by atoms with Crippen LogP contribution in [0.15, 0.2) is 29.3 Å². The van der Waals surface area contributed by atoms with Crippen molar-refractivity contribution in [1.29, 1.82) is 0 Å². The molecule has 7 nitrogen and oxygen atoms in total. The third-order valence-electron chi connectivity index (χ3n) is 4.48. The van der Waals surface area contributed by atoms with Crippen LogP contribution in [0.4, 0.5) is 4.79 Å². The van der Waals surface area contributed by atoms with Crippen molar-refractivity contribution >= 4 is 29.5 Å². The van der Waals surface area contributed by atoms with Gasteiger partial charge in [-0.2, -0.15) is 0 Å². The number of rotatable bonds is 7. The Morgan fingerprint density at radius 2 is 2.12 bits per heavy atom. The summed E-state index contributed by atoms with van der Waals surface area (Å²) in [4.78, 5) is 29.7. The van der Waals surface area contributed by atoms with E-state index in [0.29, 0.717) is 43.5 Å². The second kappa shape index (κ2) is 8.89. The van der Waals surface area contributed by atoms with Crippen molar-refractivity contribution in [1.82, 2.24) is 20.9 Å². The van der Waals surface area contributed by atoms with Gasteiger partial charge in [0, 0.05) is 31.7 Å². The van der Waals surface area contributed by atoms with Gasteiger partial charge in [0.2, 0.25) is 0 Å². The Kier molecular flexibility index (Phi) is 6.85. The molecule has 1 aromatic rings. The monoisotopic (exact) mass is 379 g/mol. The fourth-order valence-corrected chi connectivity index (χ4v) is 2.90. The first-order chi connectivity index (χ1) is 12.4. The van der Waals surface area contributed by atoms with Gasteiger partial charge in [-0.3, -0.25) is 14.7 Å². The first kappa shape index (κ1) is 20.0. The fourth-order valence-electron chi connectivity index (χ4n) is 2.69. The van der Waals surface area contributed by atoms with Gasteiger partial charge in [0.1, 0.15) is 5.54 Å². The molecule has 1 fully saturated rings. The number of aliphatic imine (C=N–C) groups is 1. The van der Waals surface area contributed by atoms with Crippen molar-refractivity contribution in [3.05, 3.63) is 34.9 Å². The SMILES string of the molecule is CCC1(C)NC(=O)N(CCCNC(=NC)NCc2cccc(Cl)c2)C1=O. The maximum absolute atomic E-state index is 12.3. The largest absolute Gasteiger partial charge is 0.356 e. The van der Waals surface area contributed by atoms with Crippen LogP contribution in [-0.2, 0) is 11.3 Å². The predicted octanol–water partition coefficient (Wildman–Crippen LogP) is 2.12. The lowest BCUT2D eigenvalue weighted by Crippen LogP contribution is -2.43. The van der Waals surface area contributed by atoms with Crippen molar-refractivity contribution in [3.8, 4) is 0 Å². The quantitative estimate of drug-likeness (QED) is 0.293. The van der Waals surface area contributed by atoms with Crippen LogP contribution in [-0.4, -0.2) is 48.5 Å². The number of urea groups is 1. The molecular weight excluding hydrogens is 354 g/mol. The smallest absolute Gasteiger partial charge is 0.325 e. The molecule has 0 aromatic heterocycles. The Bertz CT molecular complexity index is 694. The number of guanidine groups is 1. The molecule has 1 heterocycles. The summed E-state index contributed by atoms with van der Waals surface area (Å²) >= 11 is 5.97.